The summed E-state index contributed by atoms with van der Waals surface area (Å²) in [6.45, 7) is 2.13. The minimum Gasteiger partial charge on any atom is -0.496 e. The van der Waals surface area contributed by atoms with E-state index in [4.69, 9.17) is 9.47 Å². The Hall–Kier alpha value is -1.75. The highest BCUT2D eigenvalue weighted by Gasteiger charge is 2.15. The first-order valence-corrected chi connectivity index (χ1v) is 6.65. The molecule has 0 spiro atoms. The summed E-state index contributed by atoms with van der Waals surface area (Å²) in [5.74, 6) is 0.395. The molecule has 1 N–H and O–H groups in total. The third-order valence-electron chi connectivity index (χ3n) is 2.69. The smallest absolute Gasteiger partial charge is 0.355 e. The van der Waals surface area contributed by atoms with E-state index in [-0.39, 0.29) is 5.97 Å². The lowest BCUT2D eigenvalue weighted by atomic mass is 10.1. The van der Waals surface area contributed by atoms with E-state index in [1.807, 2.05) is 24.3 Å². The summed E-state index contributed by atoms with van der Waals surface area (Å²) >= 11 is 3.43. The number of benzene rings is 1. The predicted octanol–water partition coefficient (Wildman–Crippen LogP) is 3.63. The summed E-state index contributed by atoms with van der Waals surface area (Å²) in [6, 6.07) is 7.50. The van der Waals surface area contributed by atoms with E-state index in [9.17, 15) is 4.79 Å². The van der Waals surface area contributed by atoms with Gasteiger partial charge >= 0.3 is 5.97 Å². The van der Waals surface area contributed by atoms with Crippen molar-refractivity contribution in [3.05, 3.63) is 40.6 Å². The largest absolute Gasteiger partial charge is 0.496 e. The second-order valence-electron chi connectivity index (χ2n) is 3.84. The van der Waals surface area contributed by atoms with Crippen molar-refractivity contribution < 1.29 is 14.3 Å². The van der Waals surface area contributed by atoms with Gasteiger partial charge in [0.15, 0.2) is 0 Å². The number of rotatable bonds is 4. The molecule has 0 unspecified atom stereocenters. The minimum atomic E-state index is -0.352. The first-order chi connectivity index (χ1) is 9.17. The van der Waals surface area contributed by atoms with Crippen LogP contribution in [0.2, 0.25) is 0 Å². The highest BCUT2D eigenvalue weighted by atomic mass is 79.9. The average molecular weight is 324 g/mol. The maximum Gasteiger partial charge on any atom is 0.355 e. The van der Waals surface area contributed by atoms with Crippen molar-refractivity contribution in [2.24, 2.45) is 0 Å². The number of nitrogens with one attached hydrogen (secondary N) is 1. The van der Waals surface area contributed by atoms with Gasteiger partial charge in [-0.25, -0.2) is 4.79 Å². The molecule has 0 atom stereocenters. The summed E-state index contributed by atoms with van der Waals surface area (Å²) in [4.78, 5) is 14.7. The van der Waals surface area contributed by atoms with Gasteiger partial charge in [-0.15, -0.1) is 0 Å². The summed E-state index contributed by atoms with van der Waals surface area (Å²) in [5.41, 5.74) is 2.18. The first kappa shape index (κ1) is 13.7. The van der Waals surface area contributed by atoms with Gasteiger partial charge in [-0.2, -0.15) is 0 Å². The summed E-state index contributed by atoms with van der Waals surface area (Å²) in [7, 11) is 1.61. The van der Waals surface area contributed by atoms with E-state index in [1.54, 1.807) is 20.2 Å². The van der Waals surface area contributed by atoms with Crippen LogP contribution >= 0.6 is 15.9 Å². The van der Waals surface area contributed by atoms with Crippen LogP contribution in [-0.4, -0.2) is 24.7 Å². The van der Waals surface area contributed by atoms with Crippen molar-refractivity contribution in [2.45, 2.75) is 6.92 Å². The normalized spacial score (nSPS) is 10.3. The molecular formula is C14H14BrNO3. The van der Waals surface area contributed by atoms with Gasteiger partial charge in [0.1, 0.15) is 11.4 Å². The SMILES string of the molecule is CCOC(=O)c1[nH]ccc1-c1ccc(OC)c(Br)c1. The number of carbonyl (C=O) groups excluding carboxylic acids is 1. The lowest BCUT2D eigenvalue weighted by molar-refractivity contribution is 0.0521. The number of hydrogen-bond donors (Lipinski definition) is 1. The molecule has 100 valence electrons. The van der Waals surface area contributed by atoms with Crippen LogP contribution in [0.25, 0.3) is 11.1 Å². The zero-order valence-electron chi connectivity index (χ0n) is 10.7. The van der Waals surface area contributed by atoms with Crippen LogP contribution < -0.4 is 4.74 Å². The predicted molar refractivity (Wildman–Crippen MR) is 76.4 cm³/mol. The van der Waals surface area contributed by atoms with Crippen molar-refractivity contribution in [1.29, 1.82) is 0 Å². The Labute approximate surface area is 119 Å². The standard InChI is InChI=1S/C14H14BrNO3/c1-3-19-14(17)13-10(6-7-16-13)9-4-5-12(18-2)11(15)8-9/h4-8,16H,3H2,1-2H3. The van der Waals surface area contributed by atoms with Crippen LogP contribution in [0.3, 0.4) is 0 Å². The number of methoxy groups -OCH3 is 1. The molecule has 2 rings (SSSR count). The molecule has 0 aliphatic rings. The van der Waals surface area contributed by atoms with E-state index < -0.39 is 0 Å². The van der Waals surface area contributed by atoms with Crippen LogP contribution in [0.5, 0.6) is 5.75 Å². The van der Waals surface area contributed by atoms with Crippen LogP contribution in [0.4, 0.5) is 0 Å². The van der Waals surface area contributed by atoms with Crippen LogP contribution in [0, 0.1) is 0 Å². The van der Waals surface area contributed by atoms with Crippen molar-refractivity contribution >= 4 is 21.9 Å². The van der Waals surface area contributed by atoms with Gasteiger partial charge in [-0.3, -0.25) is 0 Å². The quantitative estimate of drug-likeness (QED) is 0.874. The maximum atomic E-state index is 11.8. The van der Waals surface area contributed by atoms with Crippen molar-refractivity contribution in [1.82, 2.24) is 4.98 Å². The summed E-state index contributed by atoms with van der Waals surface area (Å²) < 4.78 is 11.0. The lowest BCUT2D eigenvalue weighted by Crippen LogP contribution is -2.06. The molecule has 1 heterocycles. The number of ether oxygens (including phenoxy) is 2. The molecule has 1 aromatic carbocycles. The van der Waals surface area contributed by atoms with Gasteiger partial charge in [0, 0.05) is 11.8 Å². The fourth-order valence-corrected chi connectivity index (χ4v) is 2.36. The molecule has 0 bridgehead atoms. The Balaban J connectivity index is 2.40. The molecule has 0 aliphatic carbocycles. The van der Waals surface area contributed by atoms with Gasteiger partial charge in [-0.05, 0) is 46.6 Å². The molecular weight excluding hydrogens is 310 g/mol. The molecule has 0 radical (unpaired) electrons. The molecule has 1 aromatic heterocycles. The van der Waals surface area contributed by atoms with E-state index in [2.05, 4.69) is 20.9 Å². The van der Waals surface area contributed by atoms with Gasteiger partial charge in [-0.1, -0.05) is 6.07 Å². The average Bonchev–Trinajstić information content (AvgIpc) is 2.88. The fraction of sp³-hybridized carbons (Fsp3) is 0.214. The number of aromatic amines is 1. The summed E-state index contributed by atoms with van der Waals surface area (Å²) in [6.07, 6.45) is 1.72. The van der Waals surface area contributed by atoms with E-state index in [1.165, 1.54) is 0 Å². The topological polar surface area (TPSA) is 51.3 Å². The molecule has 2 aromatic rings. The number of aromatic nitrogens is 1. The van der Waals surface area contributed by atoms with E-state index in [0.717, 1.165) is 21.3 Å². The van der Waals surface area contributed by atoms with Gasteiger partial charge < -0.3 is 14.5 Å². The number of halogens is 1. The molecule has 0 saturated carbocycles. The molecule has 4 nitrogen and oxygen atoms in total. The van der Waals surface area contributed by atoms with E-state index >= 15 is 0 Å². The molecule has 0 amide bonds. The lowest BCUT2D eigenvalue weighted by Gasteiger charge is -2.07. The maximum absolute atomic E-state index is 11.8. The van der Waals surface area contributed by atoms with Gasteiger partial charge in [0.2, 0.25) is 0 Å². The van der Waals surface area contributed by atoms with E-state index in [0.29, 0.717) is 12.3 Å². The third-order valence-corrected chi connectivity index (χ3v) is 3.31. The molecule has 19 heavy (non-hydrogen) atoms. The zero-order chi connectivity index (χ0) is 13.8. The number of H-pyrrole nitrogens is 1. The van der Waals surface area contributed by atoms with Crippen LogP contribution in [-0.2, 0) is 4.74 Å². The highest BCUT2D eigenvalue weighted by Crippen LogP contribution is 2.32. The van der Waals surface area contributed by atoms with Crippen LogP contribution in [0.15, 0.2) is 34.9 Å². The highest BCUT2D eigenvalue weighted by molar-refractivity contribution is 9.10. The second kappa shape index (κ2) is 5.93. The summed E-state index contributed by atoms with van der Waals surface area (Å²) in [5, 5.41) is 0. The Morgan fingerprint density at radius 3 is 2.79 bits per heavy atom. The Morgan fingerprint density at radius 2 is 2.16 bits per heavy atom. The zero-order valence-corrected chi connectivity index (χ0v) is 12.3. The van der Waals surface area contributed by atoms with Crippen molar-refractivity contribution in [3.63, 3.8) is 0 Å². The monoisotopic (exact) mass is 323 g/mol. The molecule has 0 saturated heterocycles. The van der Waals surface area contributed by atoms with Gasteiger partial charge in [0.05, 0.1) is 18.2 Å². The molecule has 0 fully saturated rings. The van der Waals surface area contributed by atoms with Crippen molar-refractivity contribution in [2.75, 3.05) is 13.7 Å². The number of esters is 1. The fourth-order valence-electron chi connectivity index (χ4n) is 1.82. The second-order valence-corrected chi connectivity index (χ2v) is 4.69. The minimum absolute atomic E-state index is 0.351. The first-order valence-electron chi connectivity index (χ1n) is 5.85. The van der Waals surface area contributed by atoms with Crippen molar-refractivity contribution in [3.8, 4) is 16.9 Å². The Morgan fingerprint density at radius 1 is 1.37 bits per heavy atom. The molecule has 5 heteroatoms. The third kappa shape index (κ3) is 2.81. The van der Waals surface area contributed by atoms with Gasteiger partial charge in [0.25, 0.3) is 0 Å². The van der Waals surface area contributed by atoms with Crippen LogP contribution in [0.1, 0.15) is 17.4 Å². The number of hydrogen-bond acceptors (Lipinski definition) is 3. The molecule has 0 aliphatic heterocycles. The Kier molecular flexibility index (Phi) is 4.27. The number of carbonyl (C=O) groups is 1. The Bertz CT molecular complexity index is 592.